The average molecular weight is 259 g/mol. The molecule has 5 heteroatoms. The highest BCUT2D eigenvalue weighted by Gasteiger charge is 2.47. The van der Waals surface area contributed by atoms with Crippen molar-refractivity contribution in [2.45, 2.75) is 43.5 Å². The van der Waals surface area contributed by atoms with Crippen LogP contribution in [0.5, 0.6) is 0 Å². The van der Waals surface area contributed by atoms with E-state index in [1.54, 1.807) is 13.0 Å². The van der Waals surface area contributed by atoms with Gasteiger partial charge in [-0.2, -0.15) is 13.2 Å². The van der Waals surface area contributed by atoms with Gasteiger partial charge in [-0.1, -0.05) is 18.2 Å². The Bertz CT molecular complexity index is 456. The Morgan fingerprint density at radius 1 is 1.22 bits per heavy atom. The second-order valence-corrected chi connectivity index (χ2v) is 5.37. The van der Waals surface area contributed by atoms with Crippen molar-refractivity contribution in [3.8, 4) is 0 Å². The molecule has 3 N–H and O–H groups in total. The summed E-state index contributed by atoms with van der Waals surface area (Å²) in [5, 5.41) is 9.92. The third-order valence-electron chi connectivity index (χ3n) is 3.57. The molecule has 2 atom stereocenters. The van der Waals surface area contributed by atoms with E-state index in [1.807, 2.05) is 0 Å². The number of aliphatic hydroxyl groups is 1. The SMILES string of the molecule is CC1(O)CCC(N)(c2ccccc2C(F)(F)F)C1. The Kier molecular flexibility index (Phi) is 2.94. The van der Waals surface area contributed by atoms with E-state index in [0.29, 0.717) is 12.8 Å². The van der Waals surface area contributed by atoms with Crippen LogP contribution >= 0.6 is 0 Å². The van der Waals surface area contributed by atoms with Gasteiger partial charge in [0.2, 0.25) is 0 Å². The van der Waals surface area contributed by atoms with Crippen LogP contribution in [0.15, 0.2) is 24.3 Å². The second-order valence-electron chi connectivity index (χ2n) is 5.37. The minimum Gasteiger partial charge on any atom is -0.390 e. The van der Waals surface area contributed by atoms with Crippen LogP contribution in [0.3, 0.4) is 0 Å². The summed E-state index contributed by atoms with van der Waals surface area (Å²) in [4.78, 5) is 0. The molecule has 2 unspecified atom stereocenters. The van der Waals surface area contributed by atoms with Crippen molar-refractivity contribution in [2.24, 2.45) is 5.73 Å². The smallest absolute Gasteiger partial charge is 0.390 e. The lowest BCUT2D eigenvalue weighted by Crippen LogP contribution is -2.38. The highest BCUT2D eigenvalue weighted by molar-refractivity contribution is 5.37. The maximum Gasteiger partial charge on any atom is 0.416 e. The van der Waals surface area contributed by atoms with Crippen molar-refractivity contribution >= 4 is 0 Å². The molecule has 0 heterocycles. The van der Waals surface area contributed by atoms with Crippen LogP contribution in [-0.2, 0) is 11.7 Å². The Balaban J connectivity index is 2.46. The van der Waals surface area contributed by atoms with Crippen molar-refractivity contribution in [3.63, 3.8) is 0 Å². The van der Waals surface area contributed by atoms with E-state index in [9.17, 15) is 18.3 Å². The molecule has 18 heavy (non-hydrogen) atoms. The molecule has 0 aromatic heterocycles. The normalized spacial score (nSPS) is 32.8. The quantitative estimate of drug-likeness (QED) is 0.814. The van der Waals surface area contributed by atoms with E-state index in [2.05, 4.69) is 0 Å². The number of hydrogen-bond acceptors (Lipinski definition) is 2. The Morgan fingerprint density at radius 2 is 1.83 bits per heavy atom. The highest BCUT2D eigenvalue weighted by Crippen LogP contribution is 2.46. The molecule has 1 aliphatic rings. The molecule has 0 aliphatic heterocycles. The first-order valence-corrected chi connectivity index (χ1v) is 5.82. The minimum atomic E-state index is -4.42. The standard InChI is InChI=1S/C13H16F3NO/c1-11(18)6-7-12(17,8-11)9-4-2-3-5-10(9)13(14,15)16/h2-5,18H,6-8,17H2,1H3. The second kappa shape index (κ2) is 3.96. The number of hydrogen-bond donors (Lipinski definition) is 2. The molecule has 2 rings (SSSR count). The first kappa shape index (κ1) is 13.4. The fourth-order valence-corrected chi connectivity index (χ4v) is 2.74. The van der Waals surface area contributed by atoms with E-state index in [1.165, 1.54) is 12.1 Å². The summed E-state index contributed by atoms with van der Waals surface area (Å²) in [5.41, 5.74) is 3.37. The largest absolute Gasteiger partial charge is 0.416 e. The highest BCUT2D eigenvalue weighted by atomic mass is 19.4. The van der Waals surface area contributed by atoms with Crippen LogP contribution in [0.1, 0.15) is 37.3 Å². The van der Waals surface area contributed by atoms with Crippen molar-refractivity contribution < 1.29 is 18.3 Å². The number of halogens is 3. The molecular formula is C13H16F3NO. The Hall–Kier alpha value is -1.07. The lowest BCUT2D eigenvalue weighted by Gasteiger charge is -2.29. The van der Waals surface area contributed by atoms with Gasteiger partial charge in [0.05, 0.1) is 11.2 Å². The van der Waals surface area contributed by atoms with Crippen LogP contribution in [0.4, 0.5) is 13.2 Å². The van der Waals surface area contributed by atoms with E-state index >= 15 is 0 Å². The minimum absolute atomic E-state index is 0.0790. The third-order valence-corrected chi connectivity index (χ3v) is 3.57. The Labute approximate surface area is 104 Å². The van der Waals surface area contributed by atoms with Crippen molar-refractivity contribution in [2.75, 3.05) is 0 Å². The lowest BCUT2D eigenvalue weighted by molar-refractivity contribution is -0.138. The van der Waals surface area contributed by atoms with Gasteiger partial charge in [-0.25, -0.2) is 0 Å². The first-order chi connectivity index (χ1) is 8.14. The molecular weight excluding hydrogens is 243 g/mol. The van der Waals surface area contributed by atoms with Gasteiger partial charge in [0, 0.05) is 5.54 Å². The summed E-state index contributed by atoms with van der Waals surface area (Å²) in [7, 11) is 0. The average Bonchev–Trinajstić information content (AvgIpc) is 2.53. The van der Waals surface area contributed by atoms with Gasteiger partial charge in [-0.05, 0) is 37.8 Å². The van der Waals surface area contributed by atoms with Crippen molar-refractivity contribution in [1.29, 1.82) is 0 Å². The van der Waals surface area contributed by atoms with Gasteiger partial charge in [0.25, 0.3) is 0 Å². The molecule has 0 radical (unpaired) electrons. The molecule has 1 aromatic carbocycles. The number of nitrogens with two attached hydrogens (primary N) is 1. The predicted octanol–water partition coefficient (Wildman–Crippen LogP) is 2.79. The van der Waals surface area contributed by atoms with Crippen LogP contribution < -0.4 is 5.73 Å². The fourth-order valence-electron chi connectivity index (χ4n) is 2.74. The molecule has 0 spiro atoms. The summed E-state index contributed by atoms with van der Waals surface area (Å²) in [6, 6.07) is 5.34. The van der Waals surface area contributed by atoms with Crippen LogP contribution in [0, 0.1) is 0 Å². The zero-order valence-corrected chi connectivity index (χ0v) is 10.1. The molecule has 100 valence electrons. The van der Waals surface area contributed by atoms with E-state index < -0.39 is 22.9 Å². The Morgan fingerprint density at radius 3 is 2.33 bits per heavy atom. The number of rotatable bonds is 1. The first-order valence-electron chi connectivity index (χ1n) is 5.82. The molecule has 0 bridgehead atoms. The topological polar surface area (TPSA) is 46.2 Å². The summed E-state index contributed by atoms with van der Waals surface area (Å²) in [6.07, 6.45) is -3.51. The summed E-state index contributed by atoms with van der Waals surface area (Å²) >= 11 is 0. The van der Waals surface area contributed by atoms with E-state index in [4.69, 9.17) is 5.73 Å². The summed E-state index contributed by atoms with van der Waals surface area (Å²) in [5.74, 6) is 0. The molecule has 1 saturated carbocycles. The van der Waals surface area contributed by atoms with Gasteiger partial charge < -0.3 is 10.8 Å². The maximum absolute atomic E-state index is 12.9. The molecule has 0 saturated heterocycles. The molecule has 2 nitrogen and oxygen atoms in total. The zero-order valence-electron chi connectivity index (χ0n) is 10.1. The van der Waals surface area contributed by atoms with Gasteiger partial charge in [0.1, 0.15) is 0 Å². The zero-order chi connectivity index (χ0) is 13.6. The predicted molar refractivity (Wildman–Crippen MR) is 61.8 cm³/mol. The van der Waals surface area contributed by atoms with Crippen LogP contribution in [0.2, 0.25) is 0 Å². The molecule has 0 amide bonds. The van der Waals surface area contributed by atoms with Gasteiger partial charge in [-0.3, -0.25) is 0 Å². The third kappa shape index (κ3) is 2.37. The number of benzene rings is 1. The van der Waals surface area contributed by atoms with Gasteiger partial charge in [-0.15, -0.1) is 0 Å². The van der Waals surface area contributed by atoms with Gasteiger partial charge >= 0.3 is 6.18 Å². The number of alkyl halides is 3. The molecule has 1 aliphatic carbocycles. The van der Waals surface area contributed by atoms with E-state index in [-0.39, 0.29) is 12.0 Å². The van der Waals surface area contributed by atoms with Crippen molar-refractivity contribution in [1.82, 2.24) is 0 Å². The maximum atomic E-state index is 12.9. The van der Waals surface area contributed by atoms with Crippen LogP contribution in [0.25, 0.3) is 0 Å². The van der Waals surface area contributed by atoms with Crippen molar-refractivity contribution in [3.05, 3.63) is 35.4 Å². The molecule has 1 fully saturated rings. The fraction of sp³-hybridized carbons (Fsp3) is 0.538. The van der Waals surface area contributed by atoms with Crippen LogP contribution in [-0.4, -0.2) is 10.7 Å². The summed E-state index contributed by atoms with van der Waals surface area (Å²) in [6.45, 7) is 1.61. The summed E-state index contributed by atoms with van der Waals surface area (Å²) < 4.78 is 38.8. The lowest BCUT2D eigenvalue weighted by atomic mass is 9.84. The molecule has 1 aromatic rings. The van der Waals surface area contributed by atoms with Gasteiger partial charge in [0.15, 0.2) is 0 Å². The van der Waals surface area contributed by atoms with E-state index in [0.717, 1.165) is 6.07 Å². The monoisotopic (exact) mass is 259 g/mol.